The summed E-state index contributed by atoms with van der Waals surface area (Å²) in [4.78, 5) is 12.5. The summed E-state index contributed by atoms with van der Waals surface area (Å²) < 4.78 is 0. The molecule has 1 heteroatoms. The second-order valence-corrected chi connectivity index (χ2v) is 9.38. The third-order valence-electron chi connectivity index (χ3n) is 7.97. The van der Waals surface area contributed by atoms with Gasteiger partial charge in [-0.3, -0.25) is 4.79 Å². The van der Waals surface area contributed by atoms with Gasteiger partial charge in [0.1, 0.15) is 5.78 Å². The highest BCUT2D eigenvalue weighted by molar-refractivity contribution is 5.87. The number of fused-ring (bicyclic) bond motifs is 5. The van der Waals surface area contributed by atoms with Gasteiger partial charge in [0.15, 0.2) is 0 Å². The maximum Gasteiger partial charge on any atom is 0.139 e. The topological polar surface area (TPSA) is 17.1 Å². The lowest BCUT2D eigenvalue weighted by molar-refractivity contribution is -0.129. The van der Waals surface area contributed by atoms with Gasteiger partial charge >= 0.3 is 0 Å². The first-order valence-corrected chi connectivity index (χ1v) is 11.0. The molecule has 0 heterocycles. The monoisotopic (exact) mass is 370 g/mol. The highest BCUT2D eigenvalue weighted by atomic mass is 16.1. The Morgan fingerprint density at radius 3 is 2.75 bits per heavy atom. The summed E-state index contributed by atoms with van der Waals surface area (Å²) in [6, 6.07) is 17.7. The first kappa shape index (κ1) is 17.9. The second kappa shape index (κ2) is 7.03. The summed E-state index contributed by atoms with van der Waals surface area (Å²) in [6.45, 7) is 2.27. The van der Waals surface area contributed by atoms with Crippen LogP contribution in [0.15, 0.2) is 54.6 Å². The van der Waals surface area contributed by atoms with Gasteiger partial charge in [0.2, 0.25) is 0 Å². The average molecular weight is 371 g/mol. The summed E-state index contributed by atoms with van der Waals surface area (Å²) in [6.07, 6.45) is 12.2. The highest BCUT2D eigenvalue weighted by Gasteiger charge is 2.54. The lowest BCUT2D eigenvalue weighted by Crippen LogP contribution is -2.42. The Bertz CT molecular complexity index is 909. The molecule has 0 saturated heterocycles. The van der Waals surface area contributed by atoms with Gasteiger partial charge < -0.3 is 0 Å². The molecule has 0 spiro atoms. The second-order valence-electron chi connectivity index (χ2n) is 9.38. The van der Waals surface area contributed by atoms with Crippen LogP contribution in [-0.2, 0) is 17.6 Å². The molecule has 3 aliphatic rings. The first-order chi connectivity index (χ1) is 13.6. The number of allylic oxidation sites excluding steroid dienone is 1. The van der Waals surface area contributed by atoms with Crippen LogP contribution in [0.25, 0.3) is 6.08 Å². The minimum atomic E-state index is -0.0191. The number of hydrogen-bond acceptors (Lipinski definition) is 1. The van der Waals surface area contributed by atoms with E-state index in [1.54, 1.807) is 11.1 Å². The SMILES string of the molecule is CC12CCC3c4cc(C/C=C/c5ccccc5)ccc4CCC3C1CCC2=O. The largest absolute Gasteiger partial charge is 0.299 e. The smallest absolute Gasteiger partial charge is 0.139 e. The number of Topliss-reactive ketones (excluding diaryl/α,β-unsaturated/α-hetero) is 1. The molecule has 144 valence electrons. The van der Waals surface area contributed by atoms with E-state index in [1.165, 1.54) is 30.4 Å². The molecule has 3 aliphatic carbocycles. The van der Waals surface area contributed by atoms with Crippen molar-refractivity contribution in [3.63, 3.8) is 0 Å². The van der Waals surface area contributed by atoms with E-state index < -0.39 is 0 Å². The Kier molecular flexibility index (Phi) is 4.50. The lowest BCUT2D eigenvalue weighted by atomic mass is 9.55. The van der Waals surface area contributed by atoms with E-state index in [2.05, 4.69) is 67.6 Å². The summed E-state index contributed by atoms with van der Waals surface area (Å²) in [7, 11) is 0. The van der Waals surface area contributed by atoms with Gasteiger partial charge in [0, 0.05) is 11.8 Å². The number of ketones is 1. The fraction of sp³-hybridized carbons (Fsp3) is 0.444. The van der Waals surface area contributed by atoms with E-state index in [0.29, 0.717) is 23.5 Å². The van der Waals surface area contributed by atoms with Gasteiger partial charge in [-0.15, -0.1) is 0 Å². The van der Waals surface area contributed by atoms with Crippen molar-refractivity contribution in [1.29, 1.82) is 0 Å². The molecule has 0 N–H and O–H groups in total. The van der Waals surface area contributed by atoms with Gasteiger partial charge in [-0.25, -0.2) is 0 Å². The predicted octanol–water partition coefficient (Wildman–Crippen LogP) is 6.37. The summed E-state index contributed by atoms with van der Waals surface area (Å²) in [5.41, 5.74) is 5.82. The average Bonchev–Trinajstić information content (AvgIpc) is 3.03. The molecule has 2 aromatic carbocycles. The van der Waals surface area contributed by atoms with Gasteiger partial charge in [-0.2, -0.15) is 0 Å². The predicted molar refractivity (Wildman–Crippen MR) is 115 cm³/mol. The van der Waals surface area contributed by atoms with E-state index in [9.17, 15) is 4.79 Å². The van der Waals surface area contributed by atoms with E-state index >= 15 is 0 Å². The highest BCUT2D eigenvalue weighted by Crippen LogP contribution is 2.59. The van der Waals surface area contributed by atoms with Crippen LogP contribution in [0.5, 0.6) is 0 Å². The molecule has 4 unspecified atom stereocenters. The van der Waals surface area contributed by atoms with Crippen LogP contribution in [0.4, 0.5) is 0 Å². The molecule has 0 radical (unpaired) electrons. The number of carbonyl (C=O) groups is 1. The molecule has 0 amide bonds. The zero-order valence-corrected chi connectivity index (χ0v) is 16.9. The first-order valence-electron chi connectivity index (χ1n) is 11.0. The number of hydrogen-bond donors (Lipinski definition) is 0. The zero-order chi connectivity index (χ0) is 19.1. The molecule has 0 aliphatic heterocycles. The molecular formula is C27H30O. The standard InChI is InChI=1S/C27H30O/c1-27-17-16-22-23(25(27)14-15-26(27)28)13-12-21-11-10-20(18-24(21)22)9-5-8-19-6-3-2-4-7-19/h2-8,10-11,18,22-23,25H,9,12-17H2,1H3/b8-5+. The molecule has 0 bridgehead atoms. The van der Waals surface area contributed by atoms with Crippen LogP contribution >= 0.6 is 0 Å². The third kappa shape index (κ3) is 2.96. The summed E-state index contributed by atoms with van der Waals surface area (Å²) in [5, 5.41) is 0. The van der Waals surface area contributed by atoms with Crippen LogP contribution in [-0.4, -0.2) is 5.78 Å². The minimum absolute atomic E-state index is 0.0191. The fourth-order valence-corrected chi connectivity index (χ4v) is 6.41. The Hall–Kier alpha value is -2.15. The Morgan fingerprint density at radius 2 is 1.89 bits per heavy atom. The van der Waals surface area contributed by atoms with Crippen LogP contribution in [0.2, 0.25) is 0 Å². The van der Waals surface area contributed by atoms with Crippen molar-refractivity contribution in [2.24, 2.45) is 17.3 Å². The normalized spacial score (nSPS) is 31.5. The van der Waals surface area contributed by atoms with Crippen LogP contribution in [0.1, 0.15) is 67.2 Å². The molecular weight excluding hydrogens is 340 g/mol. The Balaban J connectivity index is 1.37. The van der Waals surface area contributed by atoms with Gasteiger partial charge in [-0.05, 0) is 78.5 Å². The summed E-state index contributed by atoms with van der Waals surface area (Å²) in [5.74, 6) is 2.55. The molecule has 2 fully saturated rings. The van der Waals surface area contributed by atoms with E-state index in [0.717, 1.165) is 25.7 Å². The van der Waals surface area contributed by atoms with Crippen molar-refractivity contribution in [3.05, 3.63) is 76.9 Å². The Labute approximate surface area is 168 Å². The zero-order valence-electron chi connectivity index (χ0n) is 16.9. The molecule has 2 aromatic rings. The van der Waals surface area contributed by atoms with Gasteiger partial charge in [0.25, 0.3) is 0 Å². The molecule has 1 nitrogen and oxygen atoms in total. The van der Waals surface area contributed by atoms with Gasteiger partial charge in [-0.1, -0.05) is 67.6 Å². The van der Waals surface area contributed by atoms with Crippen molar-refractivity contribution in [1.82, 2.24) is 0 Å². The van der Waals surface area contributed by atoms with Crippen LogP contribution < -0.4 is 0 Å². The maximum atomic E-state index is 12.5. The Morgan fingerprint density at radius 1 is 1.04 bits per heavy atom. The van der Waals surface area contributed by atoms with E-state index in [1.807, 2.05) is 0 Å². The molecule has 28 heavy (non-hydrogen) atoms. The van der Waals surface area contributed by atoms with Crippen molar-refractivity contribution in [3.8, 4) is 0 Å². The van der Waals surface area contributed by atoms with Crippen molar-refractivity contribution >= 4 is 11.9 Å². The molecule has 5 rings (SSSR count). The lowest BCUT2D eigenvalue weighted by Gasteiger charge is -2.48. The van der Waals surface area contributed by atoms with Crippen LogP contribution in [0.3, 0.4) is 0 Å². The van der Waals surface area contributed by atoms with Crippen molar-refractivity contribution in [2.75, 3.05) is 0 Å². The van der Waals surface area contributed by atoms with Gasteiger partial charge in [0.05, 0.1) is 0 Å². The van der Waals surface area contributed by atoms with E-state index in [-0.39, 0.29) is 5.41 Å². The molecule has 0 aromatic heterocycles. The summed E-state index contributed by atoms with van der Waals surface area (Å²) >= 11 is 0. The van der Waals surface area contributed by atoms with Crippen LogP contribution in [0, 0.1) is 17.3 Å². The number of benzene rings is 2. The van der Waals surface area contributed by atoms with E-state index in [4.69, 9.17) is 0 Å². The quantitative estimate of drug-likeness (QED) is 0.614. The van der Waals surface area contributed by atoms with Crippen molar-refractivity contribution in [2.45, 2.75) is 57.8 Å². The minimum Gasteiger partial charge on any atom is -0.299 e. The third-order valence-corrected chi connectivity index (χ3v) is 7.97. The molecule has 2 saturated carbocycles. The number of carbonyl (C=O) groups excluding carboxylic acids is 1. The number of aryl methyl sites for hydroxylation is 1. The van der Waals surface area contributed by atoms with Crippen molar-refractivity contribution < 1.29 is 4.79 Å². The molecule has 4 atom stereocenters. The fourth-order valence-electron chi connectivity index (χ4n) is 6.41. The maximum absolute atomic E-state index is 12.5. The number of rotatable bonds is 3.